The predicted molar refractivity (Wildman–Crippen MR) is 121 cm³/mol. The largest absolute Gasteiger partial charge is 0.497 e. The first-order chi connectivity index (χ1) is 15.1. The van der Waals surface area contributed by atoms with Crippen molar-refractivity contribution in [2.24, 2.45) is 5.41 Å². The second kappa shape index (κ2) is 8.78. The predicted octanol–water partition coefficient (Wildman–Crippen LogP) is 4.71. The summed E-state index contributed by atoms with van der Waals surface area (Å²) in [5, 5.41) is 1.96. The minimum absolute atomic E-state index is 0.267. The van der Waals surface area contributed by atoms with Crippen LogP contribution < -0.4 is 4.74 Å². The molecule has 1 aliphatic rings. The molecule has 2 heterocycles. The van der Waals surface area contributed by atoms with Gasteiger partial charge in [0, 0.05) is 11.4 Å². The van der Waals surface area contributed by atoms with E-state index < -0.39 is 17.4 Å². The van der Waals surface area contributed by atoms with Crippen molar-refractivity contribution in [1.82, 2.24) is 4.90 Å². The zero-order chi connectivity index (χ0) is 21.8. The van der Waals surface area contributed by atoms with Crippen LogP contribution in [0.1, 0.15) is 22.0 Å². The summed E-state index contributed by atoms with van der Waals surface area (Å²) in [4.78, 5) is 29.2. The van der Waals surface area contributed by atoms with Crippen LogP contribution in [0.3, 0.4) is 0 Å². The number of rotatable bonds is 7. The molecule has 1 amide bonds. The first-order valence-electron chi connectivity index (χ1n) is 9.90. The van der Waals surface area contributed by atoms with Crippen molar-refractivity contribution in [3.8, 4) is 5.75 Å². The summed E-state index contributed by atoms with van der Waals surface area (Å²) in [6.07, 6.45) is 3.54. The standard InChI is InChI=1S/C25H23NO4S/c1-29-20-12-10-18(11-13-20)17-26-22(19-7-4-3-5-8-19)25(23(26)27,24(28)30-2)15-14-21-9-6-16-31-21/h3-16,22H,17H2,1-2H3/b15-14+/t22-,25+/m1/s1. The van der Waals surface area contributed by atoms with Crippen LogP contribution in [-0.2, 0) is 20.9 Å². The number of likely N-dealkylation sites (tertiary alicyclic amines) is 1. The maximum Gasteiger partial charge on any atom is 0.327 e. The third kappa shape index (κ3) is 3.75. The topological polar surface area (TPSA) is 55.8 Å². The summed E-state index contributed by atoms with van der Waals surface area (Å²) in [5.41, 5.74) is 0.444. The Balaban J connectivity index is 1.74. The number of hydrogen-bond acceptors (Lipinski definition) is 5. The normalized spacial score (nSPS) is 20.5. The SMILES string of the molecule is COC(=O)[C@]1(/C=C/c2cccs2)C(=O)N(Cc2ccc(OC)cc2)[C@@H]1c1ccccc1. The molecule has 5 nitrogen and oxygen atoms in total. The van der Waals surface area contributed by atoms with Gasteiger partial charge in [-0.1, -0.05) is 54.6 Å². The Morgan fingerprint density at radius 1 is 1.06 bits per heavy atom. The van der Waals surface area contributed by atoms with Gasteiger partial charge < -0.3 is 14.4 Å². The molecular formula is C25H23NO4S. The lowest BCUT2D eigenvalue weighted by molar-refractivity contribution is -0.184. The number of amides is 1. The molecular weight excluding hydrogens is 410 g/mol. The lowest BCUT2D eigenvalue weighted by Gasteiger charge is -2.53. The highest BCUT2D eigenvalue weighted by atomic mass is 32.1. The quantitative estimate of drug-likeness (QED) is 0.308. The Morgan fingerprint density at radius 3 is 2.42 bits per heavy atom. The molecule has 0 N–H and O–H groups in total. The van der Waals surface area contributed by atoms with Crippen molar-refractivity contribution in [3.63, 3.8) is 0 Å². The van der Waals surface area contributed by atoms with E-state index in [-0.39, 0.29) is 5.91 Å². The van der Waals surface area contributed by atoms with Crippen LogP contribution in [0, 0.1) is 5.41 Å². The summed E-state index contributed by atoms with van der Waals surface area (Å²) >= 11 is 1.55. The molecule has 1 aromatic heterocycles. The Morgan fingerprint density at radius 2 is 1.81 bits per heavy atom. The first-order valence-corrected chi connectivity index (χ1v) is 10.8. The third-order valence-corrected chi connectivity index (χ3v) is 6.40. The van der Waals surface area contributed by atoms with Gasteiger partial charge in [-0.05, 0) is 40.8 Å². The molecule has 0 aliphatic carbocycles. The van der Waals surface area contributed by atoms with E-state index in [1.807, 2.05) is 78.2 Å². The van der Waals surface area contributed by atoms with Gasteiger partial charge >= 0.3 is 5.97 Å². The van der Waals surface area contributed by atoms with Gasteiger partial charge in [0.25, 0.3) is 0 Å². The van der Waals surface area contributed by atoms with Crippen LogP contribution in [0.15, 0.2) is 78.2 Å². The number of carbonyl (C=O) groups excluding carboxylic acids is 2. The van der Waals surface area contributed by atoms with Crippen LogP contribution in [0.25, 0.3) is 6.08 Å². The Labute approximate surface area is 185 Å². The monoisotopic (exact) mass is 433 g/mol. The fourth-order valence-electron chi connectivity index (χ4n) is 4.02. The molecule has 0 saturated carbocycles. The lowest BCUT2D eigenvalue weighted by Crippen LogP contribution is -2.65. The van der Waals surface area contributed by atoms with Crippen LogP contribution >= 0.6 is 11.3 Å². The summed E-state index contributed by atoms with van der Waals surface area (Å²) in [6, 6.07) is 20.6. The van der Waals surface area contributed by atoms with Gasteiger partial charge in [-0.15, -0.1) is 11.3 Å². The van der Waals surface area contributed by atoms with E-state index in [4.69, 9.17) is 9.47 Å². The highest BCUT2D eigenvalue weighted by molar-refractivity contribution is 7.10. The number of thiophene rings is 1. The highest BCUT2D eigenvalue weighted by Gasteiger charge is 2.65. The van der Waals surface area contributed by atoms with E-state index >= 15 is 0 Å². The third-order valence-electron chi connectivity index (χ3n) is 5.56. The smallest absolute Gasteiger partial charge is 0.327 e. The lowest BCUT2D eigenvalue weighted by atomic mass is 9.67. The number of nitrogens with zero attached hydrogens (tertiary/aromatic N) is 1. The van der Waals surface area contributed by atoms with Crippen LogP contribution in [0.4, 0.5) is 0 Å². The first kappa shape index (κ1) is 20.9. The fraction of sp³-hybridized carbons (Fsp3) is 0.200. The van der Waals surface area contributed by atoms with E-state index in [1.165, 1.54) is 7.11 Å². The molecule has 2 aromatic carbocycles. The van der Waals surface area contributed by atoms with E-state index in [0.29, 0.717) is 6.54 Å². The van der Waals surface area contributed by atoms with Gasteiger partial charge in [0.2, 0.25) is 5.91 Å². The molecule has 0 spiro atoms. The fourth-order valence-corrected chi connectivity index (χ4v) is 4.64. The number of carbonyl (C=O) groups is 2. The Bertz CT molecular complexity index is 1080. The molecule has 0 radical (unpaired) electrons. The molecule has 31 heavy (non-hydrogen) atoms. The molecule has 4 rings (SSSR count). The van der Waals surface area contributed by atoms with Gasteiger partial charge in [0.15, 0.2) is 5.41 Å². The molecule has 1 fully saturated rings. The number of hydrogen-bond donors (Lipinski definition) is 0. The van der Waals surface area contributed by atoms with E-state index in [2.05, 4.69) is 0 Å². The Hall–Kier alpha value is -3.38. The van der Waals surface area contributed by atoms with Crippen molar-refractivity contribution in [1.29, 1.82) is 0 Å². The maximum absolute atomic E-state index is 13.5. The van der Waals surface area contributed by atoms with Crippen molar-refractivity contribution in [2.75, 3.05) is 14.2 Å². The second-order valence-electron chi connectivity index (χ2n) is 7.30. The van der Waals surface area contributed by atoms with E-state index in [1.54, 1.807) is 29.4 Å². The maximum atomic E-state index is 13.5. The summed E-state index contributed by atoms with van der Waals surface area (Å²) < 4.78 is 10.4. The average molecular weight is 434 g/mol. The van der Waals surface area contributed by atoms with Crippen molar-refractivity contribution in [3.05, 3.63) is 94.2 Å². The number of benzene rings is 2. The number of β-lactam (4-membered cyclic amide) rings is 1. The van der Waals surface area contributed by atoms with E-state index in [9.17, 15) is 9.59 Å². The van der Waals surface area contributed by atoms with Gasteiger partial charge in [0.1, 0.15) is 5.75 Å². The van der Waals surface area contributed by atoms with Gasteiger partial charge in [-0.25, -0.2) is 0 Å². The van der Waals surface area contributed by atoms with Crippen molar-refractivity contribution >= 4 is 29.3 Å². The Kier molecular flexibility index (Phi) is 5.91. The van der Waals surface area contributed by atoms with Gasteiger partial charge in [-0.3, -0.25) is 9.59 Å². The minimum atomic E-state index is -1.40. The van der Waals surface area contributed by atoms with Crippen LogP contribution in [0.2, 0.25) is 0 Å². The van der Waals surface area contributed by atoms with Crippen molar-refractivity contribution in [2.45, 2.75) is 12.6 Å². The molecule has 0 bridgehead atoms. The molecule has 0 unspecified atom stereocenters. The zero-order valence-corrected chi connectivity index (χ0v) is 18.2. The summed E-state index contributed by atoms with van der Waals surface area (Å²) in [5.74, 6) is -0.0666. The zero-order valence-electron chi connectivity index (χ0n) is 17.4. The molecule has 3 aromatic rings. The van der Waals surface area contributed by atoms with Crippen LogP contribution in [0.5, 0.6) is 5.75 Å². The molecule has 2 atom stereocenters. The van der Waals surface area contributed by atoms with E-state index in [0.717, 1.165) is 21.8 Å². The summed E-state index contributed by atoms with van der Waals surface area (Å²) in [6.45, 7) is 0.383. The highest BCUT2D eigenvalue weighted by Crippen LogP contribution is 2.53. The molecule has 6 heteroatoms. The van der Waals surface area contributed by atoms with Crippen LogP contribution in [-0.4, -0.2) is 31.0 Å². The van der Waals surface area contributed by atoms with Gasteiger partial charge in [-0.2, -0.15) is 0 Å². The molecule has 1 aliphatic heterocycles. The van der Waals surface area contributed by atoms with Crippen molar-refractivity contribution < 1.29 is 19.1 Å². The summed E-state index contributed by atoms with van der Waals surface area (Å²) in [7, 11) is 2.94. The minimum Gasteiger partial charge on any atom is -0.497 e. The average Bonchev–Trinajstić information content (AvgIpc) is 3.34. The second-order valence-corrected chi connectivity index (χ2v) is 8.28. The van der Waals surface area contributed by atoms with Gasteiger partial charge in [0.05, 0.1) is 20.3 Å². The number of ether oxygens (including phenoxy) is 2. The molecule has 1 saturated heterocycles. The number of esters is 1. The molecule has 158 valence electrons. The number of methoxy groups -OCH3 is 2.